The number of aromatic amines is 2. The highest BCUT2D eigenvalue weighted by molar-refractivity contribution is 5.47. The summed E-state index contributed by atoms with van der Waals surface area (Å²) in [6, 6.07) is 10.1. The Bertz CT molecular complexity index is 1030. The van der Waals surface area contributed by atoms with Gasteiger partial charge in [-0.25, -0.2) is 9.97 Å². The maximum atomic E-state index is 10.1. The molecule has 0 aliphatic rings. The van der Waals surface area contributed by atoms with Crippen molar-refractivity contribution in [2.45, 2.75) is 12.8 Å². The van der Waals surface area contributed by atoms with Gasteiger partial charge in [-0.05, 0) is 35.4 Å². The Hall–Kier alpha value is -3.74. The summed E-state index contributed by atoms with van der Waals surface area (Å²) < 4.78 is 5.84. The fourth-order valence-corrected chi connectivity index (χ4v) is 2.86. The largest absolute Gasteiger partial charge is 0.508 e. The van der Waals surface area contributed by atoms with E-state index < -0.39 is 0 Å². The molecule has 4 rings (SSSR count). The molecule has 0 unspecified atom stereocenters. The Morgan fingerprint density at radius 3 is 2.19 bits per heavy atom. The van der Waals surface area contributed by atoms with E-state index in [1.165, 1.54) is 6.07 Å². The first kappa shape index (κ1) is 16.7. The van der Waals surface area contributed by atoms with Crippen LogP contribution in [0.5, 0.6) is 23.0 Å². The van der Waals surface area contributed by atoms with Crippen LogP contribution >= 0.6 is 0 Å². The number of H-pyrrole nitrogens is 2. The number of nitrogens with zero attached hydrogens (tertiary/aromatic N) is 2. The topological polar surface area (TPSA) is 107 Å². The fraction of sp³-hybridized carbons (Fsp3) is 0.100. The van der Waals surface area contributed by atoms with Crippen molar-refractivity contribution in [3.05, 3.63) is 84.0 Å². The number of imidazole rings is 2. The molecule has 7 nitrogen and oxygen atoms in total. The van der Waals surface area contributed by atoms with E-state index in [1.54, 1.807) is 49.1 Å². The van der Waals surface area contributed by atoms with Crippen LogP contribution in [0, 0.1) is 0 Å². The Morgan fingerprint density at radius 2 is 1.52 bits per heavy atom. The average Bonchev–Trinajstić information content (AvgIpc) is 3.31. The summed E-state index contributed by atoms with van der Waals surface area (Å²) in [5, 5.41) is 20.2. The van der Waals surface area contributed by atoms with Crippen molar-refractivity contribution in [2.24, 2.45) is 0 Å². The molecule has 0 saturated carbocycles. The third-order valence-corrected chi connectivity index (χ3v) is 4.06. The lowest BCUT2D eigenvalue weighted by Gasteiger charge is -2.11. The Labute approximate surface area is 155 Å². The molecule has 0 spiro atoms. The minimum atomic E-state index is 0.0223. The standard InChI is InChI=1S/C20H18N4O3/c25-15-7-14(11-20-23-5-6-24-20)8-16(12-15)27-18-9-13(1-2-17(18)26)10-19-21-3-4-22-19/h1-9,12,25-26H,10-11H2,(H,21,22)(H,23,24). The molecule has 2 aromatic heterocycles. The zero-order chi connectivity index (χ0) is 18.6. The number of aromatic hydroxyl groups is 2. The van der Waals surface area contributed by atoms with E-state index in [0.717, 1.165) is 22.8 Å². The van der Waals surface area contributed by atoms with Gasteiger partial charge in [-0.3, -0.25) is 0 Å². The highest BCUT2D eigenvalue weighted by Crippen LogP contribution is 2.34. The minimum Gasteiger partial charge on any atom is -0.508 e. The molecule has 4 aromatic rings. The second kappa shape index (κ2) is 7.25. The zero-order valence-electron chi connectivity index (χ0n) is 14.4. The number of rotatable bonds is 6. The number of benzene rings is 2. The number of phenols is 2. The third-order valence-electron chi connectivity index (χ3n) is 4.06. The van der Waals surface area contributed by atoms with Gasteiger partial charge in [0.1, 0.15) is 23.1 Å². The summed E-state index contributed by atoms with van der Waals surface area (Å²) in [5.41, 5.74) is 1.78. The smallest absolute Gasteiger partial charge is 0.169 e. The summed E-state index contributed by atoms with van der Waals surface area (Å²) in [5.74, 6) is 2.46. The van der Waals surface area contributed by atoms with E-state index >= 15 is 0 Å². The van der Waals surface area contributed by atoms with E-state index in [1.807, 2.05) is 6.07 Å². The zero-order valence-corrected chi connectivity index (χ0v) is 14.4. The van der Waals surface area contributed by atoms with Gasteiger partial charge in [-0.15, -0.1) is 0 Å². The van der Waals surface area contributed by atoms with Crippen molar-refractivity contribution >= 4 is 0 Å². The van der Waals surface area contributed by atoms with Gasteiger partial charge < -0.3 is 24.9 Å². The lowest BCUT2D eigenvalue weighted by atomic mass is 10.1. The maximum Gasteiger partial charge on any atom is 0.169 e. The molecule has 4 N–H and O–H groups in total. The van der Waals surface area contributed by atoms with Crippen molar-refractivity contribution in [1.82, 2.24) is 19.9 Å². The Balaban J connectivity index is 1.57. The molecule has 0 saturated heterocycles. The van der Waals surface area contributed by atoms with Gasteiger partial charge >= 0.3 is 0 Å². The van der Waals surface area contributed by atoms with Crippen LogP contribution in [0.15, 0.2) is 61.2 Å². The van der Waals surface area contributed by atoms with Crippen LogP contribution in [0.4, 0.5) is 0 Å². The molecular weight excluding hydrogens is 344 g/mol. The molecule has 0 atom stereocenters. The van der Waals surface area contributed by atoms with Crippen LogP contribution in [0.2, 0.25) is 0 Å². The first-order chi connectivity index (χ1) is 13.2. The lowest BCUT2D eigenvalue weighted by molar-refractivity contribution is 0.407. The van der Waals surface area contributed by atoms with Gasteiger partial charge in [0, 0.05) is 43.7 Å². The van der Waals surface area contributed by atoms with Crippen LogP contribution in [0.3, 0.4) is 0 Å². The van der Waals surface area contributed by atoms with E-state index in [9.17, 15) is 10.2 Å². The normalized spacial score (nSPS) is 10.8. The van der Waals surface area contributed by atoms with Crippen molar-refractivity contribution in [3.63, 3.8) is 0 Å². The van der Waals surface area contributed by atoms with Crippen LogP contribution in [0.25, 0.3) is 0 Å². The average molecular weight is 362 g/mol. The Morgan fingerprint density at radius 1 is 0.815 bits per heavy atom. The molecule has 2 aromatic carbocycles. The van der Waals surface area contributed by atoms with Crippen LogP contribution in [0.1, 0.15) is 22.8 Å². The van der Waals surface area contributed by atoms with E-state index in [2.05, 4.69) is 19.9 Å². The number of phenolic OH excluding ortho intramolecular Hbond substituents is 2. The van der Waals surface area contributed by atoms with E-state index in [-0.39, 0.29) is 11.5 Å². The van der Waals surface area contributed by atoms with Gasteiger partial charge in [-0.1, -0.05) is 6.07 Å². The van der Waals surface area contributed by atoms with Crippen molar-refractivity contribution < 1.29 is 14.9 Å². The number of hydrogen-bond acceptors (Lipinski definition) is 5. The summed E-state index contributed by atoms with van der Waals surface area (Å²) in [6.07, 6.45) is 8.01. The monoisotopic (exact) mass is 362 g/mol. The lowest BCUT2D eigenvalue weighted by Crippen LogP contribution is -1.94. The van der Waals surface area contributed by atoms with Crippen LogP contribution < -0.4 is 4.74 Å². The molecule has 0 bridgehead atoms. The Kier molecular flexibility index (Phi) is 4.49. The summed E-state index contributed by atoms with van der Waals surface area (Å²) in [7, 11) is 0. The SMILES string of the molecule is Oc1cc(Cc2ncc[nH]2)cc(Oc2cc(Cc3ncc[nH]3)ccc2O)c1. The molecular formula is C20H18N4O3. The molecule has 136 valence electrons. The summed E-state index contributed by atoms with van der Waals surface area (Å²) >= 11 is 0. The quantitative estimate of drug-likeness (QED) is 0.420. The minimum absolute atomic E-state index is 0.0223. The second-order valence-electron chi connectivity index (χ2n) is 6.16. The van der Waals surface area contributed by atoms with Gasteiger partial charge in [0.15, 0.2) is 11.5 Å². The highest BCUT2D eigenvalue weighted by atomic mass is 16.5. The molecule has 0 fully saturated rings. The number of ether oxygens (including phenoxy) is 1. The van der Waals surface area contributed by atoms with Crippen LogP contribution in [-0.2, 0) is 12.8 Å². The van der Waals surface area contributed by atoms with E-state index in [4.69, 9.17) is 4.74 Å². The third kappa shape index (κ3) is 4.09. The first-order valence-electron chi connectivity index (χ1n) is 8.45. The van der Waals surface area contributed by atoms with Gasteiger partial charge in [0.05, 0.1) is 0 Å². The highest BCUT2D eigenvalue weighted by Gasteiger charge is 2.10. The second-order valence-corrected chi connectivity index (χ2v) is 6.16. The molecule has 0 aliphatic carbocycles. The molecule has 7 heteroatoms. The van der Waals surface area contributed by atoms with Crippen molar-refractivity contribution in [3.8, 4) is 23.0 Å². The fourth-order valence-electron chi connectivity index (χ4n) is 2.86. The molecule has 0 radical (unpaired) electrons. The number of nitrogens with one attached hydrogen (secondary N) is 2. The van der Waals surface area contributed by atoms with Gasteiger partial charge in [0.2, 0.25) is 0 Å². The predicted molar refractivity (Wildman–Crippen MR) is 99.1 cm³/mol. The summed E-state index contributed by atoms with van der Waals surface area (Å²) in [4.78, 5) is 14.5. The maximum absolute atomic E-state index is 10.1. The van der Waals surface area contributed by atoms with Crippen LogP contribution in [-0.4, -0.2) is 30.1 Å². The molecule has 2 heterocycles. The van der Waals surface area contributed by atoms with Crippen molar-refractivity contribution in [1.29, 1.82) is 0 Å². The van der Waals surface area contributed by atoms with E-state index in [0.29, 0.717) is 24.3 Å². The van der Waals surface area contributed by atoms with Gasteiger partial charge in [0.25, 0.3) is 0 Å². The molecule has 0 aliphatic heterocycles. The molecule has 27 heavy (non-hydrogen) atoms. The molecule has 0 amide bonds. The first-order valence-corrected chi connectivity index (χ1v) is 8.45. The summed E-state index contributed by atoms with van der Waals surface area (Å²) in [6.45, 7) is 0. The number of hydrogen-bond donors (Lipinski definition) is 4. The van der Waals surface area contributed by atoms with Gasteiger partial charge in [-0.2, -0.15) is 0 Å². The predicted octanol–water partition coefficient (Wildman–Crippen LogP) is 3.52. The number of aromatic nitrogens is 4. The van der Waals surface area contributed by atoms with Crippen molar-refractivity contribution in [2.75, 3.05) is 0 Å².